The Balaban J connectivity index is 2.23. The van der Waals surface area contributed by atoms with Crippen molar-refractivity contribution in [3.8, 4) is 5.75 Å². The number of alkyl halides is 2. The maximum absolute atomic E-state index is 13.1. The lowest BCUT2D eigenvalue weighted by molar-refractivity contribution is -0.386. The molecule has 1 aliphatic rings. The summed E-state index contributed by atoms with van der Waals surface area (Å²) in [6, 6.07) is 5.34. The van der Waals surface area contributed by atoms with Crippen LogP contribution < -0.4 is 4.74 Å². The minimum atomic E-state index is -3.24. The van der Waals surface area contributed by atoms with Crippen LogP contribution in [0.4, 0.5) is 14.5 Å². The first kappa shape index (κ1) is 17.7. The van der Waals surface area contributed by atoms with Crippen molar-refractivity contribution in [3.05, 3.63) is 34.4 Å². The highest BCUT2D eigenvalue weighted by atomic mass is 19.3. The van der Waals surface area contributed by atoms with Gasteiger partial charge in [-0.05, 0) is 19.9 Å². The van der Waals surface area contributed by atoms with Gasteiger partial charge in [0.25, 0.3) is 12.3 Å². The van der Waals surface area contributed by atoms with Gasteiger partial charge in [0.1, 0.15) is 0 Å². The molecule has 0 fully saturated rings. The molecule has 0 unspecified atom stereocenters. The van der Waals surface area contributed by atoms with Crippen LogP contribution in [0, 0.1) is 10.1 Å². The largest absolute Gasteiger partial charge is 0.474 e. The molecule has 24 heavy (non-hydrogen) atoms. The topological polar surface area (TPSA) is 105 Å². The lowest BCUT2D eigenvalue weighted by Crippen LogP contribution is -2.54. The Morgan fingerprint density at radius 1 is 1.50 bits per heavy atom. The number of nitro groups is 1. The molecular formula is C14H15F2N3O5. The molecule has 0 saturated heterocycles. The second-order valence-corrected chi connectivity index (χ2v) is 5.33. The molecule has 0 aromatic heterocycles. The summed E-state index contributed by atoms with van der Waals surface area (Å²) < 4.78 is 31.5. The number of halogens is 2. The van der Waals surface area contributed by atoms with Crippen molar-refractivity contribution in [3.63, 3.8) is 0 Å². The van der Waals surface area contributed by atoms with Crippen molar-refractivity contribution in [1.29, 1.82) is 0 Å². The first-order chi connectivity index (χ1) is 11.2. The summed E-state index contributed by atoms with van der Waals surface area (Å²) >= 11 is 0. The maximum Gasteiger partial charge on any atom is 0.310 e. The number of rotatable bonds is 5. The number of hydrogen-bond donors (Lipinski definition) is 1. The van der Waals surface area contributed by atoms with E-state index in [-0.39, 0.29) is 22.2 Å². The first-order valence-corrected chi connectivity index (χ1v) is 6.95. The van der Waals surface area contributed by atoms with Gasteiger partial charge in [0.15, 0.2) is 11.9 Å². The fourth-order valence-corrected chi connectivity index (χ4v) is 2.27. The predicted molar refractivity (Wildman–Crippen MR) is 78.7 cm³/mol. The highest BCUT2D eigenvalue weighted by Crippen LogP contribution is 2.33. The Morgan fingerprint density at radius 2 is 2.12 bits per heavy atom. The van der Waals surface area contributed by atoms with E-state index in [9.17, 15) is 28.8 Å². The predicted octanol–water partition coefficient (Wildman–Crippen LogP) is 1.92. The van der Waals surface area contributed by atoms with Gasteiger partial charge >= 0.3 is 5.69 Å². The van der Waals surface area contributed by atoms with Crippen LogP contribution in [-0.4, -0.2) is 44.9 Å². The van der Waals surface area contributed by atoms with E-state index >= 15 is 0 Å². The van der Waals surface area contributed by atoms with Crippen LogP contribution in [0.5, 0.6) is 5.75 Å². The quantitative estimate of drug-likeness (QED) is 0.649. The van der Waals surface area contributed by atoms with E-state index in [2.05, 4.69) is 5.10 Å². The number of amides is 1. The van der Waals surface area contributed by atoms with Crippen LogP contribution in [0.15, 0.2) is 29.4 Å². The molecule has 10 heteroatoms. The molecule has 1 amide bonds. The van der Waals surface area contributed by atoms with Gasteiger partial charge in [-0.25, -0.2) is 8.78 Å². The SMILES string of the molecule is CC1=NN(C(=O)[C@@H](C)Oc2ccccc2[N+](=O)[O-])[C@](O)(C(F)F)C1. The summed E-state index contributed by atoms with van der Waals surface area (Å²) in [4.78, 5) is 22.6. The number of hydrogen-bond acceptors (Lipinski definition) is 6. The van der Waals surface area contributed by atoms with Gasteiger partial charge in [0, 0.05) is 18.2 Å². The summed E-state index contributed by atoms with van der Waals surface area (Å²) in [6.07, 6.45) is -5.10. The smallest absolute Gasteiger partial charge is 0.310 e. The van der Waals surface area contributed by atoms with Crippen molar-refractivity contribution >= 4 is 17.3 Å². The lowest BCUT2D eigenvalue weighted by atomic mass is 10.1. The molecule has 1 aromatic rings. The number of para-hydroxylation sites is 2. The number of nitro benzene ring substituents is 1. The molecule has 1 aromatic carbocycles. The minimum Gasteiger partial charge on any atom is -0.474 e. The number of ether oxygens (including phenoxy) is 1. The summed E-state index contributed by atoms with van der Waals surface area (Å²) in [7, 11) is 0. The Labute approximate surface area is 135 Å². The lowest BCUT2D eigenvalue weighted by Gasteiger charge is -2.31. The van der Waals surface area contributed by atoms with Gasteiger partial charge in [-0.2, -0.15) is 10.1 Å². The molecule has 0 bridgehead atoms. The van der Waals surface area contributed by atoms with Crippen LogP contribution in [0.25, 0.3) is 0 Å². The Morgan fingerprint density at radius 3 is 2.71 bits per heavy atom. The van der Waals surface area contributed by atoms with Gasteiger partial charge in [-0.15, -0.1) is 0 Å². The van der Waals surface area contributed by atoms with Crippen LogP contribution in [0.1, 0.15) is 20.3 Å². The number of carbonyl (C=O) groups excluding carboxylic acids is 1. The van der Waals surface area contributed by atoms with E-state index in [1.807, 2.05) is 0 Å². The third-order valence-electron chi connectivity index (χ3n) is 3.43. The molecule has 130 valence electrons. The number of hydrazone groups is 1. The number of benzene rings is 1. The van der Waals surface area contributed by atoms with Gasteiger partial charge in [0.05, 0.1) is 4.92 Å². The molecule has 1 aliphatic heterocycles. The summed E-state index contributed by atoms with van der Waals surface area (Å²) in [5, 5.41) is 24.9. The summed E-state index contributed by atoms with van der Waals surface area (Å²) in [6.45, 7) is 2.63. The average Bonchev–Trinajstić information content (AvgIpc) is 2.83. The highest BCUT2D eigenvalue weighted by molar-refractivity contribution is 5.90. The van der Waals surface area contributed by atoms with Crippen LogP contribution in [0.3, 0.4) is 0 Å². The van der Waals surface area contributed by atoms with Gasteiger partial charge in [-0.3, -0.25) is 14.9 Å². The molecule has 0 aliphatic carbocycles. The zero-order chi connectivity index (χ0) is 18.1. The standard InChI is InChI=1S/C14H15F2N3O5/c1-8-7-14(21,13(15)16)18(17-8)12(20)9(2)24-11-6-4-3-5-10(11)19(22)23/h3-6,9,13,21H,7H2,1-2H3/t9-,14-/m1/s1. The van der Waals surface area contributed by atoms with Crippen LogP contribution >= 0.6 is 0 Å². The molecule has 0 radical (unpaired) electrons. The second-order valence-electron chi connectivity index (χ2n) is 5.33. The van der Waals surface area contributed by atoms with Crippen molar-refractivity contribution in [2.75, 3.05) is 0 Å². The Hall–Kier alpha value is -2.62. The second kappa shape index (κ2) is 6.48. The molecular weight excluding hydrogens is 328 g/mol. The van der Waals surface area contributed by atoms with Gasteiger partial charge in [-0.1, -0.05) is 12.1 Å². The third kappa shape index (κ3) is 3.18. The maximum atomic E-state index is 13.1. The van der Waals surface area contributed by atoms with Crippen LogP contribution in [0.2, 0.25) is 0 Å². The molecule has 2 rings (SSSR count). The average molecular weight is 343 g/mol. The van der Waals surface area contributed by atoms with Crippen molar-refractivity contribution in [2.45, 2.75) is 38.5 Å². The van der Waals surface area contributed by atoms with E-state index in [4.69, 9.17) is 4.74 Å². The molecule has 1 N–H and O–H groups in total. The van der Waals surface area contributed by atoms with Gasteiger partial charge < -0.3 is 9.84 Å². The molecule has 0 spiro atoms. The zero-order valence-corrected chi connectivity index (χ0v) is 12.8. The molecule has 8 nitrogen and oxygen atoms in total. The van der Waals surface area contributed by atoms with E-state index in [0.29, 0.717) is 0 Å². The zero-order valence-electron chi connectivity index (χ0n) is 12.8. The summed E-state index contributed by atoms with van der Waals surface area (Å²) in [5.74, 6) is -1.23. The number of aliphatic hydroxyl groups is 1. The van der Waals surface area contributed by atoms with Crippen molar-refractivity contribution in [2.24, 2.45) is 5.10 Å². The number of nitrogens with zero attached hydrogens (tertiary/aromatic N) is 3. The molecule has 0 saturated carbocycles. The normalized spacial score (nSPS) is 21.6. The van der Waals surface area contributed by atoms with E-state index in [1.165, 1.54) is 38.1 Å². The fraction of sp³-hybridized carbons (Fsp3) is 0.429. The van der Waals surface area contributed by atoms with E-state index < -0.39 is 35.5 Å². The highest BCUT2D eigenvalue weighted by Gasteiger charge is 2.52. The Kier molecular flexibility index (Phi) is 4.78. The van der Waals surface area contributed by atoms with E-state index in [1.54, 1.807) is 0 Å². The molecule has 2 atom stereocenters. The minimum absolute atomic E-state index is 0.157. The number of carbonyl (C=O) groups is 1. The van der Waals surface area contributed by atoms with Crippen LogP contribution in [-0.2, 0) is 4.79 Å². The van der Waals surface area contributed by atoms with E-state index in [0.717, 1.165) is 0 Å². The van der Waals surface area contributed by atoms with Gasteiger partial charge in [0.2, 0.25) is 5.72 Å². The third-order valence-corrected chi connectivity index (χ3v) is 3.43. The first-order valence-electron chi connectivity index (χ1n) is 6.95. The fourth-order valence-electron chi connectivity index (χ4n) is 2.27. The van der Waals surface area contributed by atoms with Crippen molar-refractivity contribution in [1.82, 2.24) is 5.01 Å². The van der Waals surface area contributed by atoms with Crippen molar-refractivity contribution < 1.29 is 28.3 Å². The monoisotopic (exact) mass is 343 g/mol. The summed E-state index contributed by atoms with van der Waals surface area (Å²) in [5.41, 5.74) is -2.96. The molecule has 1 heterocycles. The Bertz CT molecular complexity index is 697.